The summed E-state index contributed by atoms with van der Waals surface area (Å²) in [7, 11) is -1.57. The topological polar surface area (TPSA) is 75.7 Å². The Morgan fingerprint density at radius 1 is 1.29 bits per heavy atom. The zero-order valence-electron chi connectivity index (χ0n) is 16.0. The number of nitrogens with one attached hydrogen (secondary N) is 1. The number of carbonyl (C=O) groups is 1. The average Bonchev–Trinajstić information content (AvgIpc) is 2.63. The lowest BCUT2D eigenvalue weighted by Gasteiger charge is -2.20. The molecule has 0 aromatic heterocycles. The molecule has 2 aromatic rings. The van der Waals surface area contributed by atoms with Crippen LogP contribution in [-0.4, -0.2) is 39.3 Å². The Morgan fingerprint density at radius 2 is 1.96 bits per heavy atom. The van der Waals surface area contributed by atoms with Crippen LogP contribution in [0, 0.1) is 12.7 Å². The second kappa shape index (κ2) is 9.02. The number of rotatable bonds is 7. The molecule has 0 saturated carbocycles. The van der Waals surface area contributed by atoms with Crippen molar-refractivity contribution >= 4 is 37.5 Å². The minimum atomic E-state index is -4.12. The highest BCUT2D eigenvalue weighted by molar-refractivity contribution is 9.10. The molecule has 0 radical (unpaired) electrons. The van der Waals surface area contributed by atoms with Crippen LogP contribution in [0.1, 0.15) is 18.1 Å². The van der Waals surface area contributed by atoms with E-state index in [9.17, 15) is 17.6 Å². The third kappa shape index (κ3) is 4.89. The van der Waals surface area contributed by atoms with Crippen molar-refractivity contribution in [2.45, 2.75) is 25.2 Å². The van der Waals surface area contributed by atoms with Crippen LogP contribution >= 0.6 is 15.9 Å². The molecule has 0 spiro atoms. The molecular formula is C19H22BrFN2O4S. The molecule has 0 aliphatic carbocycles. The van der Waals surface area contributed by atoms with Crippen LogP contribution in [0.5, 0.6) is 5.75 Å². The molecule has 9 heteroatoms. The van der Waals surface area contributed by atoms with E-state index in [1.807, 2.05) is 26.0 Å². The van der Waals surface area contributed by atoms with Gasteiger partial charge < -0.3 is 10.1 Å². The summed E-state index contributed by atoms with van der Waals surface area (Å²) in [6.45, 7) is 3.39. The monoisotopic (exact) mass is 472 g/mol. The van der Waals surface area contributed by atoms with Crippen LogP contribution in [0.4, 0.5) is 10.1 Å². The standard InChI is InChI=1S/C19H22BrFN2O4S/c1-5-13-9-14(20)8-12(2)19(13)22-18(24)11-23(3)28(25,26)17-10-15(21)6-7-16(17)27-4/h6-10H,5,11H2,1-4H3,(H,22,24). The Kier molecular flexibility index (Phi) is 7.19. The van der Waals surface area contributed by atoms with Gasteiger partial charge in [-0.15, -0.1) is 0 Å². The van der Waals surface area contributed by atoms with Crippen LogP contribution in [-0.2, 0) is 21.2 Å². The van der Waals surface area contributed by atoms with Crippen LogP contribution < -0.4 is 10.1 Å². The molecule has 0 atom stereocenters. The summed E-state index contributed by atoms with van der Waals surface area (Å²) in [5.41, 5.74) is 2.44. The maximum Gasteiger partial charge on any atom is 0.247 e. The summed E-state index contributed by atoms with van der Waals surface area (Å²) < 4.78 is 45.9. The van der Waals surface area contributed by atoms with Crippen molar-refractivity contribution in [1.82, 2.24) is 4.31 Å². The fraction of sp³-hybridized carbons (Fsp3) is 0.316. The van der Waals surface area contributed by atoms with Crippen molar-refractivity contribution in [1.29, 1.82) is 0 Å². The van der Waals surface area contributed by atoms with Crippen molar-refractivity contribution < 1.29 is 22.3 Å². The van der Waals surface area contributed by atoms with Crippen LogP contribution in [0.2, 0.25) is 0 Å². The zero-order chi connectivity index (χ0) is 21.1. The molecule has 2 rings (SSSR count). The summed E-state index contributed by atoms with van der Waals surface area (Å²) in [5.74, 6) is -1.21. The number of carbonyl (C=O) groups excluding carboxylic acids is 1. The first kappa shape index (κ1) is 22.3. The van der Waals surface area contributed by atoms with E-state index in [4.69, 9.17) is 4.74 Å². The Balaban J connectivity index is 2.24. The van der Waals surface area contributed by atoms with Crippen molar-refractivity contribution in [3.05, 3.63) is 51.7 Å². The van der Waals surface area contributed by atoms with Gasteiger partial charge in [0, 0.05) is 17.2 Å². The van der Waals surface area contributed by atoms with Gasteiger partial charge >= 0.3 is 0 Å². The number of hydrogen-bond donors (Lipinski definition) is 1. The Bertz CT molecular complexity index is 996. The van der Waals surface area contributed by atoms with E-state index in [0.29, 0.717) is 12.1 Å². The number of amides is 1. The fourth-order valence-corrected chi connectivity index (χ4v) is 4.67. The van der Waals surface area contributed by atoms with Gasteiger partial charge in [-0.3, -0.25) is 4.79 Å². The third-order valence-electron chi connectivity index (χ3n) is 4.21. The number of sulfonamides is 1. The maximum absolute atomic E-state index is 13.6. The molecule has 0 aliphatic heterocycles. The zero-order valence-corrected chi connectivity index (χ0v) is 18.4. The summed E-state index contributed by atoms with van der Waals surface area (Å²) in [6, 6.07) is 6.98. The Hall–Kier alpha value is -1.97. The van der Waals surface area contributed by atoms with E-state index >= 15 is 0 Å². The summed E-state index contributed by atoms with van der Waals surface area (Å²) >= 11 is 3.42. The molecule has 0 heterocycles. The average molecular weight is 473 g/mol. The second-order valence-electron chi connectivity index (χ2n) is 6.21. The molecule has 0 bridgehead atoms. The molecule has 6 nitrogen and oxygen atoms in total. The molecule has 28 heavy (non-hydrogen) atoms. The number of ether oxygens (including phenoxy) is 1. The number of halogens is 2. The van der Waals surface area contributed by atoms with E-state index in [0.717, 1.165) is 32.0 Å². The smallest absolute Gasteiger partial charge is 0.247 e. The van der Waals surface area contributed by atoms with Crippen LogP contribution in [0.25, 0.3) is 0 Å². The third-order valence-corrected chi connectivity index (χ3v) is 6.49. The van der Waals surface area contributed by atoms with Crippen LogP contribution in [0.3, 0.4) is 0 Å². The van der Waals surface area contributed by atoms with Gasteiger partial charge in [0.15, 0.2) is 0 Å². The molecule has 152 valence electrons. The number of benzene rings is 2. The van der Waals surface area contributed by atoms with Crippen molar-refractivity contribution in [3.63, 3.8) is 0 Å². The molecule has 0 fully saturated rings. The minimum absolute atomic E-state index is 0.00526. The van der Waals surface area contributed by atoms with E-state index in [-0.39, 0.29) is 10.6 Å². The van der Waals surface area contributed by atoms with Crippen molar-refractivity contribution in [2.75, 3.05) is 26.0 Å². The van der Waals surface area contributed by atoms with Gasteiger partial charge in [0.25, 0.3) is 0 Å². The van der Waals surface area contributed by atoms with Gasteiger partial charge in [-0.1, -0.05) is 22.9 Å². The predicted octanol–water partition coefficient (Wildman–Crippen LogP) is 3.73. The summed E-state index contributed by atoms with van der Waals surface area (Å²) in [5, 5.41) is 2.78. The number of methoxy groups -OCH3 is 1. The summed E-state index contributed by atoms with van der Waals surface area (Å²) in [6.07, 6.45) is 0.699. The quantitative estimate of drug-likeness (QED) is 0.665. The number of likely N-dealkylation sites (N-methyl/N-ethyl adjacent to an activating group) is 1. The number of nitrogens with zero attached hydrogens (tertiary/aromatic N) is 1. The van der Waals surface area contributed by atoms with Crippen molar-refractivity contribution in [2.24, 2.45) is 0 Å². The van der Waals surface area contributed by atoms with E-state index in [1.165, 1.54) is 20.2 Å². The molecule has 1 amide bonds. The first-order valence-electron chi connectivity index (χ1n) is 8.48. The fourth-order valence-electron chi connectivity index (χ4n) is 2.76. The SMILES string of the molecule is CCc1cc(Br)cc(C)c1NC(=O)CN(C)S(=O)(=O)c1cc(F)ccc1OC. The number of aryl methyl sites for hydroxylation is 2. The lowest BCUT2D eigenvalue weighted by Crippen LogP contribution is -2.35. The molecule has 0 saturated heterocycles. The van der Waals surface area contributed by atoms with E-state index in [2.05, 4.69) is 21.2 Å². The predicted molar refractivity (Wildman–Crippen MR) is 110 cm³/mol. The van der Waals surface area contributed by atoms with Crippen molar-refractivity contribution in [3.8, 4) is 5.75 Å². The molecular weight excluding hydrogens is 451 g/mol. The Labute approximate surface area is 172 Å². The number of anilines is 1. The number of hydrogen-bond acceptors (Lipinski definition) is 4. The first-order chi connectivity index (χ1) is 13.1. The molecule has 1 N–H and O–H groups in total. The van der Waals surface area contributed by atoms with Gasteiger partial charge in [-0.25, -0.2) is 12.8 Å². The summed E-state index contributed by atoms with van der Waals surface area (Å²) in [4.78, 5) is 12.2. The lowest BCUT2D eigenvalue weighted by atomic mass is 10.1. The van der Waals surface area contributed by atoms with Crippen LogP contribution in [0.15, 0.2) is 39.7 Å². The normalized spacial score (nSPS) is 11.5. The molecule has 0 aliphatic rings. The first-order valence-corrected chi connectivity index (χ1v) is 10.7. The molecule has 2 aromatic carbocycles. The largest absolute Gasteiger partial charge is 0.495 e. The minimum Gasteiger partial charge on any atom is -0.495 e. The maximum atomic E-state index is 13.6. The van der Waals surface area contributed by atoms with Gasteiger partial charge in [-0.05, 0) is 54.8 Å². The highest BCUT2D eigenvalue weighted by Gasteiger charge is 2.27. The highest BCUT2D eigenvalue weighted by atomic mass is 79.9. The lowest BCUT2D eigenvalue weighted by molar-refractivity contribution is -0.116. The van der Waals surface area contributed by atoms with Gasteiger partial charge in [0.05, 0.1) is 13.7 Å². The van der Waals surface area contributed by atoms with Gasteiger partial charge in [0.1, 0.15) is 16.5 Å². The second-order valence-corrected chi connectivity index (χ2v) is 9.14. The van der Waals surface area contributed by atoms with E-state index < -0.39 is 28.3 Å². The van der Waals surface area contributed by atoms with Gasteiger partial charge in [0.2, 0.25) is 15.9 Å². The molecule has 0 unspecified atom stereocenters. The Morgan fingerprint density at radius 3 is 2.57 bits per heavy atom. The van der Waals surface area contributed by atoms with E-state index in [1.54, 1.807) is 0 Å². The van der Waals surface area contributed by atoms with Gasteiger partial charge in [-0.2, -0.15) is 4.31 Å². The highest BCUT2D eigenvalue weighted by Crippen LogP contribution is 2.28.